The highest BCUT2D eigenvalue weighted by Gasteiger charge is 2.49. The molecular weight excluding hydrogens is 447 g/mol. The summed E-state index contributed by atoms with van der Waals surface area (Å²) in [5, 5.41) is 0.245. The smallest absolute Gasteiger partial charge is 0.295 e. The van der Waals surface area contributed by atoms with Gasteiger partial charge in [-0.1, -0.05) is 17.8 Å². The van der Waals surface area contributed by atoms with E-state index in [1.54, 1.807) is 0 Å². The molecule has 0 bridgehead atoms. The summed E-state index contributed by atoms with van der Waals surface area (Å²) in [6, 6.07) is 3.55. The van der Waals surface area contributed by atoms with Crippen LogP contribution in [0.25, 0.3) is 0 Å². The molecule has 2 aliphatic heterocycles. The molecule has 3 N–H and O–H groups in total. The zero-order valence-electron chi connectivity index (χ0n) is 16.7. The van der Waals surface area contributed by atoms with Gasteiger partial charge >= 0.3 is 0 Å². The highest BCUT2D eigenvalue weighted by molar-refractivity contribution is 8.13. The van der Waals surface area contributed by atoms with E-state index in [1.807, 2.05) is 5.48 Å². The number of rotatable bonds is 6. The van der Waals surface area contributed by atoms with Gasteiger partial charge < -0.3 is 10.5 Å². The van der Waals surface area contributed by atoms with Gasteiger partial charge in [0.1, 0.15) is 18.2 Å². The third kappa shape index (κ3) is 4.43. The van der Waals surface area contributed by atoms with E-state index in [2.05, 4.69) is 15.0 Å². The van der Waals surface area contributed by atoms with Crippen molar-refractivity contribution in [3.8, 4) is 0 Å². The van der Waals surface area contributed by atoms with Crippen molar-refractivity contribution in [3.63, 3.8) is 0 Å². The largest absolute Gasteiger partial charge is 0.379 e. The Balaban J connectivity index is 1.60. The predicted molar refractivity (Wildman–Crippen MR) is 110 cm³/mol. The molecular formula is C20H20F3N5O3S. The summed E-state index contributed by atoms with van der Waals surface area (Å²) in [6.07, 6.45) is 1.05. The van der Waals surface area contributed by atoms with Crippen LogP contribution in [0.2, 0.25) is 0 Å². The van der Waals surface area contributed by atoms with Crippen LogP contribution in [0.4, 0.5) is 13.2 Å². The van der Waals surface area contributed by atoms with Gasteiger partial charge in [-0.3, -0.25) is 14.8 Å². The number of amidine groups is 1. The Labute approximate surface area is 185 Å². The van der Waals surface area contributed by atoms with Crippen molar-refractivity contribution in [1.82, 2.24) is 15.4 Å². The Kier molecular flexibility index (Phi) is 6.63. The number of carbonyl (C=O) groups excluding carboxylic acids is 1. The van der Waals surface area contributed by atoms with Crippen LogP contribution < -0.4 is 11.2 Å². The third-order valence-electron chi connectivity index (χ3n) is 5.43. The van der Waals surface area contributed by atoms with Gasteiger partial charge in [-0.25, -0.2) is 28.5 Å². The number of nitrogens with zero attached hydrogens (tertiary/aromatic N) is 3. The Hall–Kier alpha value is -2.70. The lowest BCUT2D eigenvalue weighted by Gasteiger charge is -2.46. The molecule has 0 saturated carbocycles. The fourth-order valence-electron chi connectivity index (χ4n) is 3.85. The molecule has 2 aliphatic rings. The number of aliphatic imine (C=N–C) groups is 1. The molecule has 4 atom stereocenters. The van der Waals surface area contributed by atoms with Crippen molar-refractivity contribution in [2.24, 2.45) is 16.6 Å². The normalized spacial score (nSPS) is 26.0. The number of hydrogen-bond donors (Lipinski definition) is 2. The van der Waals surface area contributed by atoms with Gasteiger partial charge in [-0.05, 0) is 12.1 Å². The monoisotopic (exact) mass is 467 g/mol. The number of hydrogen-bond acceptors (Lipinski definition) is 8. The average molecular weight is 467 g/mol. The van der Waals surface area contributed by atoms with E-state index in [0.717, 1.165) is 6.07 Å². The summed E-state index contributed by atoms with van der Waals surface area (Å²) in [5.74, 6) is -1.19. The summed E-state index contributed by atoms with van der Waals surface area (Å²) in [6.45, 7) is -0.590. The first-order chi connectivity index (χ1) is 15.4. The Morgan fingerprint density at radius 1 is 1.44 bits per heavy atom. The lowest BCUT2D eigenvalue weighted by molar-refractivity contribution is -0.0874. The number of nitrogens with one attached hydrogen (secondary N) is 1. The van der Waals surface area contributed by atoms with E-state index in [-0.39, 0.29) is 40.9 Å². The number of amides is 1. The molecule has 1 aromatic heterocycles. The highest BCUT2D eigenvalue weighted by atomic mass is 32.2. The molecule has 1 saturated heterocycles. The molecule has 1 aromatic carbocycles. The molecule has 170 valence electrons. The molecule has 3 heterocycles. The molecule has 32 heavy (non-hydrogen) atoms. The number of halogens is 3. The van der Waals surface area contributed by atoms with Gasteiger partial charge in [0.25, 0.3) is 5.91 Å². The zero-order valence-corrected chi connectivity index (χ0v) is 17.5. The van der Waals surface area contributed by atoms with Crippen molar-refractivity contribution in [3.05, 3.63) is 59.4 Å². The number of fused-ring (bicyclic) bond motifs is 1. The van der Waals surface area contributed by atoms with Crippen LogP contribution in [0.5, 0.6) is 0 Å². The molecule has 0 aliphatic carbocycles. The van der Waals surface area contributed by atoms with Gasteiger partial charge in [0, 0.05) is 41.6 Å². The number of alkyl halides is 2. The van der Waals surface area contributed by atoms with Crippen molar-refractivity contribution >= 4 is 22.8 Å². The number of carbonyl (C=O) groups is 1. The minimum atomic E-state index is -2.11. The van der Waals surface area contributed by atoms with Crippen molar-refractivity contribution in [1.29, 1.82) is 0 Å². The molecule has 2 unspecified atom stereocenters. The maximum Gasteiger partial charge on any atom is 0.295 e. The van der Waals surface area contributed by atoms with Crippen molar-refractivity contribution in [2.45, 2.75) is 24.4 Å². The predicted octanol–water partition coefficient (Wildman–Crippen LogP) is 2.58. The molecule has 0 radical (unpaired) electrons. The quantitative estimate of drug-likeness (QED) is 0.628. The fraction of sp³-hybridized carbons (Fsp3) is 0.400. The minimum Gasteiger partial charge on any atom is -0.379 e. The third-order valence-corrected chi connectivity index (χ3v) is 6.39. The number of hydroxylamine groups is 1. The first kappa shape index (κ1) is 22.5. The van der Waals surface area contributed by atoms with Gasteiger partial charge in [0.05, 0.1) is 24.4 Å². The SMILES string of the molecule is NC1=NC2(c3cc(C(F)ONC(=O)c4cnccn4)ccc3F)C[C@H](CF)OC[C@@H]2CS1. The Morgan fingerprint density at radius 2 is 2.28 bits per heavy atom. The average Bonchev–Trinajstić information content (AvgIpc) is 2.82. The summed E-state index contributed by atoms with van der Waals surface area (Å²) < 4.78 is 48.7. The lowest BCUT2D eigenvalue weighted by atomic mass is 9.73. The van der Waals surface area contributed by atoms with Crippen LogP contribution >= 0.6 is 11.8 Å². The van der Waals surface area contributed by atoms with E-state index in [0.29, 0.717) is 5.75 Å². The second kappa shape index (κ2) is 9.43. The number of benzene rings is 1. The molecule has 8 nitrogen and oxygen atoms in total. The summed E-state index contributed by atoms with van der Waals surface area (Å²) in [7, 11) is 0. The van der Waals surface area contributed by atoms with E-state index >= 15 is 0 Å². The second-order valence-corrected chi connectivity index (χ2v) is 8.43. The van der Waals surface area contributed by atoms with E-state index in [1.165, 1.54) is 42.5 Å². The van der Waals surface area contributed by atoms with E-state index in [4.69, 9.17) is 15.3 Å². The van der Waals surface area contributed by atoms with Crippen molar-refractivity contribution < 1.29 is 27.5 Å². The maximum absolute atomic E-state index is 15.0. The summed E-state index contributed by atoms with van der Waals surface area (Å²) in [4.78, 5) is 28.8. The Bertz CT molecular complexity index is 1020. The fourth-order valence-corrected chi connectivity index (χ4v) is 4.82. The van der Waals surface area contributed by atoms with E-state index < -0.39 is 36.4 Å². The molecule has 1 fully saturated rings. The van der Waals surface area contributed by atoms with Crippen LogP contribution in [-0.4, -0.2) is 46.2 Å². The summed E-state index contributed by atoms with van der Waals surface area (Å²) in [5.41, 5.74) is 6.67. The maximum atomic E-state index is 15.0. The van der Waals surface area contributed by atoms with Gasteiger partial charge in [-0.15, -0.1) is 0 Å². The molecule has 1 amide bonds. The topological polar surface area (TPSA) is 112 Å². The van der Waals surface area contributed by atoms with Gasteiger partial charge in [-0.2, -0.15) is 0 Å². The van der Waals surface area contributed by atoms with Crippen LogP contribution in [0.15, 0.2) is 41.8 Å². The molecule has 0 spiro atoms. The lowest BCUT2D eigenvalue weighted by Crippen LogP contribution is -2.50. The molecule has 4 rings (SSSR count). The first-order valence-corrected chi connectivity index (χ1v) is 10.7. The van der Waals surface area contributed by atoms with E-state index in [9.17, 15) is 18.0 Å². The second-order valence-electron chi connectivity index (χ2n) is 7.39. The highest BCUT2D eigenvalue weighted by Crippen LogP contribution is 2.48. The van der Waals surface area contributed by atoms with Crippen LogP contribution in [-0.2, 0) is 15.1 Å². The molecule has 12 heteroatoms. The number of nitrogens with two attached hydrogens (primary N) is 1. The number of aromatic nitrogens is 2. The summed E-state index contributed by atoms with van der Waals surface area (Å²) >= 11 is 1.31. The van der Waals surface area contributed by atoms with Gasteiger partial charge in [0.15, 0.2) is 5.17 Å². The number of thioether (sulfide) groups is 1. The number of ether oxygens (including phenoxy) is 1. The minimum absolute atomic E-state index is 0.0516. The standard InChI is InChI=1S/C20H20F3N5O3S/c21-7-13-6-20(12(9-30-13)10-32-19(24)27-20)14-5-11(1-2-15(14)22)17(23)31-28-18(29)16-8-25-3-4-26-16/h1-5,8,12-13,17H,6-7,9-10H2,(H2,24,27)(H,28,29)/t12-,13-,17?,20?/m1/s1. The van der Waals surface area contributed by atoms with Gasteiger partial charge in [0.2, 0.25) is 6.36 Å². The zero-order chi connectivity index (χ0) is 22.7. The first-order valence-electron chi connectivity index (χ1n) is 9.74. The van der Waals surface area contributed by atoms with Crippen LogP contribution in [0, 0.1) is 11.7 Å². The van der Waals surface area contributed by atoms with Crippen LogP contribution in [0.1, 0.15) is 34.4 Å². The van der Waals surface area contributed by atoms with Crippen molar-refractivity contribution in [2.75, 3.05) is 19.0 Å². The Morgan fingerprint density at radius 3 is 3.03 bits per heavy atom. The van der Waals surface area contributed by atoms with Crippen LogP contribution in [0.3, 0.4) is 0 Å². The molecule has 2 aromatic rings.